The third kappa shape index (κ3) is 3.75. The molecule has 4 nitrogen and oxygen atoms in total. The van der Waals surface area contributed by atoms with Gasteiger partial charge in [-0.2, -0.15) is 0 Å². The minimum Gasteiger partial charge on any atom is -0.374 e. The summed E-state index contributed by atoms with van der Waals surface area (Å²) in [6.45, 7) is 2.94. The van der Waals surface area contributed by atoms with E-state index in [0.29, 0.717) is 30.6 Å². The van der Waals surface area contributed by atoms with Crippen LogP contribution in [0.1, 0.15) is 24.1 Å². The second-order valence-corrected chi connectivity index (χ2v) is 4.12. The first-order valence-corrected chi connectivity index (χ1v) is 6.15. The van der Waals surface area contributed by atoms with Crippen LogP contribution in [0.3, 0.4) is 0 Å². The van der Waals surface area contributed by atoms with Crippen LogP contribution >= 0.6 is 11.6 Å². The van der Waals surface area contributed by atoms with E-state index in [4.69, 9.17) is 16.3 Å². The lowest BCUT2D eigenvalue weighted by Gasteiger charge is -2.05. The molecule has 2 aromatic rings. The summed E-state index contributed by atoms with van der Waals surface area (Å²) in [5.41, 5.74) is 1.80. The van der Waals surface area contributed by atoms with Gasteiger partial charge in [0, 0.05) is 24.9 Å². The van der Waals surface area contributed by atoms with Crippen molar-refractivity contribution in [1.82, 2.24) is 15.0 Å². The van der Waals surface area contributed by atoms with Gasteiger partial charge < -0.3 is 4.74 Å². The van der Waals surface area contributed by atoms with Gasteiger partial charge in [-0.05, 0) is 25.1 Å². The van der Waals surface area contributed by atoms with Crippen LogP contribution in [0, 0.1) is 0 Å². The maximum atomic E-state index is 5.97. The van der Waals surface area contributed by atoms with Gasteiger partial charge in [-0.1, -0.05) is 17.7 Å². The molecule has 0 fully saturated rings. The van der Waals surface area contributed by atoms with Crippen molar-refractivity contribution in [3.8, 4) is 0 Å². The Bertz CT molecular complexity index is 505. The Kier molecular flexibility index (Phi) is 4.61. The number of halogens is 1. The van der Waals surface area contributed by atoms with Crippen LogP contribution in [0.15, 0.2) is 30.5 Å². The summed E-state index contributed by atoms with van der Waals surface area (Å²) in [4.78, 5) is 12.8. The molecule has 0 atom stereocenters. The number of hydrogen-bond donors (Lipinski definition) is 0. The van der Waals surface area contributed by atoms with Crippen molar-refractivity contribution >= 4 is 11.6 Å². The maximum Gasteiger partial charge on any atom is 0.155 e. The van der Waals surface area contributed by atoms with E-state index < -0.39 is 0 Å². The van der Waals surface area contributed by atoms with Gasteiger partial charge in [-0.25, -0.2) is 9.97 Å². The van der Waals surface area contributed by atoms with Crippen molar-refractivity contribution in [2.45, 2.75) is 20.0 Å². The Labute approximate surface area is 111 Å². The summed E-state index contributed by atoms with van der Waals surface area (Å²) in [6.07, 6.45) is 2.40. The van der Waals surface area contributed by atoms with Gasteiger partial charge in [0.15, 0.2) is 5.82 Å². The summed E-state index contributed by atoms with van der Waals surface area (Å²) in [7, 11) is 0. The van der Waals surface area contributed by atoms with Gasteiger partial charge in [-0.3, -0.25) is 4.98 Å². The van der Waals surface area contributed by atoms with Crippen LogP contribution in [0.25, 0.3) is 0 Å². The van der Waals surface area contributed by atoms with Gasteiger partial charge >= 0.3 is 0 Å². The smallest absolute Gasteiger partial charge is 0.155 e. The summed E-state index contributed by atoms with van der Waals surface area (Å²) < 4.78 is 5.28. The Morgan fingerprint density at radius 2 is 2.11 bits per heavy atom. The van der Waals surface area contributed by atoms with Crippen molar-refractivity contribution in [3.63, 3.8) is 0 Å². The molecule has 0 saturated heterocycles. The molecule has 0 aliphatic rings. The van der Waals surface area contributed by atoms with Crippen molar-refractivity contribution < 1.29 is 4.74 Å². The Balaban J connectivity index is 2.15. The molecule has 2 heterocycles. The molecule has 0 amide bonds. The quantitative estimate of drug-likeness (QED) is 0.778. The number of nitrogens with zero attached hydrogens (tertiary/aromatic N) is 3. The fourth-order valence-electron chi connectivity index (χ4n) is 1.55. The van der Waals surface area contributed by atoms with Gasteiger partial charge in [0.2, 0.25) is 0 Å². The second-order valence-electron chi connectivity index (χ2n) is 3.73. The zero-order chi connectivity index (χ0) is 12.8. The number of hydrogen-bond acceptors (Lipinski definition) is 4. The maximum absolute atomic E-state index is 5.97. The molecule has 2 aromatic heterocycles. The molecule has 18 heavy (non-hydrogen) atoms. The normalized spacial score (nSPS) is 10.6. The first-order valence-electron chi connectivity index (χ1n) is 5.78. The number of pyridine rings is 1. The molecule has 0 saturated carbocycles. The van der Waals surface area contributed by atoms with E-state index in [9.17, 15) is 0 Å². The SMILES string of the molecule is CCOCc1nc(Cl)cc(Cc2ccccn2)n1. The molecule has 0 aliphatic heterocycles. The second kappa shape index (κ2) is 6.42. The lowest BCUT2D eigenvalue weighted by Crippen LogP contribution is -2.03. The summed E-state index contributed by atoms with van der Waals surface area (Å²) in [6, 6.07) is 7.55. The molecule has 0 aliphatic carbocycles. The molecule has 0 aromatic carbocycles. The molecule has 0 radical (unpaired) electrons. The largest absolute Gasteiger partial charge is 0.374 e. The molecule has 0 bridgehead atoms. The Morgan fingerprint density at radius 3 is 2.83 bits per heavy atom. The van der Waals surface area contributed by atoms with Crippen LogP contribution in [0.2, 0.25) is 5.15 Å². The molecule has 0 spiro atoms. The first kappa shape index (κ1) is 12.9. The third-order valence-electron chi connectivity index (χ3n) is 2.32. The molecule has 2 rings (SSSR count). The zero-order valence-electron chi connectivity index (χ0n) is 10.1. The van der Waals surface area contributed by atoms with E-state index in [1.54, 1.807) is 12.3 Å². The summed E-state index contributed by atoms with van der Waals surface area (Å²) in [5.74, 6) is 0.607. The van der Waals surface area contributed by atoms with Gasteiger partial charge in [0.05, 0.1) is 5.69 Å². The van der Waals surface area contributed by atoms with Crippen LogP contribution in [-0.2, 0) is 17.8 Å². The molecule has 94 valence electrons. The Morgan fingerprint density at radius 1 is 1.22 bits per heavy atom. The number of aromatic nitrogens is 3. The van der Waals surface area contributed by atoms with E-state index in [1.807, 2.05) is 25.1 Å². The fraction of sp³-hybridized carbons (Fsp3) is 0.308. The summed E-state index contributed by atoms with van der Waals surface area (Å²) in [5, 5.41) is 0.436. The van der Waals surface area contributed by atoms with Crippen LogP contribution in [0.5, 0.6) is 0 Å². The van der Waals surface area contributed by atoms with Crippen molar-refractivity contribution in [2.75, 3.05) is 6.61 Å². The van der Waals surface area contributed by atoms with Gasteiger partial charge in [0.25, 0.3) is 0 Å². The molecule has 0 N–H and O–H groups in total. The highest BCUT2D eigenvalue weighted by Crippen LogP contribution is 2.11. The summed E-state index contributed by atoms with van der Waals surface area (Å²) >= 11 is 5.97. The Hall–Kier alpha value is -1.52. The third-order valence-corrected chi connectivity index (χ3v) is 2.51. The minimum absolute atomic E-state index is 0.381. The van der Waals surface area contributed by atoms with Crippen LogP contribution < -0.4 is 0 Å². The van der Waals surface area contributed by atoms with E-state index >= 15 is 0 Å². The lowest BCUT2D eigenvalue weighted by atomic mass is 10.2. The molecular weight excluding hydrogens is 250 g/mol. The van der Waals surface area contributed by atoms with Gasteiger partial charge in [0.1, 0.15) is 11.8 Å². The zero-order valence-corrected chi connectivity index (χ0v) is 10.9. The highest BCUT2D eigenvalue weighted by atomic mass is 35.5. The average Bonchev–Trinajstić information content (AvgIpc) is 2.37. The molecular formula is C13H14ClN3O. The topological polar surface area (TPSA) is 47.9 Å². The monoisotopic (exact) mass is 263 g/mol. The predicted octanol–water partition coefficient (Wildman–Crippen LogP) is 2.65. The van der Waals surface area contributed by atoms with E-state index in [-0.39, 0.29) is 0 Å². The first-order chi connectivity index (χ1) is 8.78. The standard InChI is InChI=1S/C13H14ClN3O/c1-2-18-9-13-16-11(8-12(14)17-13)7-10-5-3-4-6-15-10/h3-6,8H,2,7,9H2,1H3. The highest BCUT2D eigenvalue weighted by molar-refractivity contribution is 6.29. The van der Waals surface area contributed by atoms with E-state index in [2.05, 4.69) is 15.0 Å². The average molecular weight is 264 g/mol. The predicted molar refractivity (Wildman–Crippen MR) is 69.4 cm³/mol. The van der Waals surface area contributed by atoms with Crippen molar-refractivity contribution in [3.05, 3.63) is 52.8 Å². The van der Waals surface area contributed by atoms with Gasteiger partial charge in [-0.15, -0.1) is 0 Å². The number of ether oxygens (including phenoxy) is 1. The minimum atomic E-state index is 0.381. The van der Waals surface area contributed by atoms with Crippen molar-refractivity contribution in [1.29, 1.82) is 0 Å². The van der Waals surface area contributed by atoms with Crippen LogP contribution in [0.4, 0.5) is 0 Å². The van der Waals surface area contributed by atoms with E-state index in [0.717, 1.165) is 11.4 Å². The van der Waals surface area contributed by atoms with Crippen molar-refractivity contribution in [2.24, 2.45) is 0 Å². The molecule has 0 unspecified atom stereocenters. The van der Waals surface area contributed by atoms with Crippen LogP contribution in [-0.4, -0.2) is 21.6 Å². The molecule has 5 heteroatoms. The fourth-order valence-corrected chi connectivity index (χ4v) is 1.78. The lowest BCUT2D eigenvalue weighted by molar-refractivity contribution is 0.128. The number of rotatable bonds is 5. The highest BCUT2D eigenvalue weighted by Gasteiger charge is 2.05. The van der Waals surface area contributed by atoms with E-state index in [1.165, 1.54) is 0 Å².